The van der Waals surface area contributed by atoms with E-state index < -0.39 is 48.7 Å². The Labute approximate surface area is 217 Å². The first-order chi connectivity index (χ1) is 18.1. The number of carbonyl (C=O) groups excluding carboxylic acids is 6. The van der Waals surface area contributed by atoms with Gasteiger partial charge in [-0.15, -0.1) is 0 Å². The van der Waals surface area contributed by atoms with Gasteiger partial charge in [-0.2, -0.15) is 0 Å². The lowest BCUT2D eigenvalue weighted by Crippen LogP contribution is -2.16. The van der Waals surface area contributed by atoms with Crippen LogP contribution in [0.4, 0.5) is 0 Å². The molecular formula is C28H22O10. The van der Waals surface area contributed by atoms with Gasteiger partial charge in [0.2, 0.25) is 0 Å². The molecule has 0 aliphatic rings. The third-order valence-electron chi connectivity index (χ3n) is 4.88. The number of hydrogen-bond acceptors (Lipinski definition) is 10. The minimum absolute atomic E-state index is 0.00448. The molecule has 0 saturated carbocycles. The lowest BCUT2D eigenvalue weighted by Gasteiger charge is -2.08. The molecule has 194 valence electrons. The number of esters is 4. The van der Waals surface area contributed by atoms with Gasteiger partial charge in [-0.1, -0.05) is 6.07 Å². The fraction of sp³-hybridized carbons (Fsp3) is 0.143. The quantitative estimate of drug-likeness (QED) is 0.222. The predicted octanol–water partition coefficient (Wildman–Crippen LogP) is 3.62. The van der Waals surface area contributed by atoms with Crippen LogP contribution in [0.5, 0.6) is 11.5 Å². The number of ketones is 2. The fourth-order valence-electron chi connectivity index (χ4n) is 3.12. The topological polar surface area (TPSA) is 139 Å². The van der Waals surface area contributed by atoms with Gasteiger partial charge in [0.25, 0.3) is 0 Å². The third-order valence-corrected chi connectivity index (χ3v) is 4.88. The van der Waals surface area contributed by atoms with Gasteiger partial charge in [0.15, 0.2) is 24.8 Å². The van der Waals surface area contributed by atoms with Crippen molar-refractivity contribution in [1.29, 1.82) is 0 Å². The summed E-state index contributed by atoms with van der Waals surface area (Å²) in [4.78, 5) is 71.4. The Bertz CT molecular complexity index is 1270. The minimum Gasteiger partial charge on any atom is -0.454 e. The summed E-state index contributed by atoms with van der Waals surface area (Å²) < 4.78 is 19.9. The lowest BCUT2D eigenvalue weighted by molar-refractivity contribution is -0.132. The maximum absolute atomic E-state index is 12.4. The molecule has 38 heavy (non-hydrogen) atoms. The van der Waals surface area contributed by atoms with E-state index in [0.717, 1.165) is 0 Å². The number of ether oxygens (including phenoxy) is 4. The van der Waals surface area contributed by atoms with Crippen LogP contribution < -0.4 is 9.47 Å². The SMILES string of the molecule is CC(=O)Oc1ccc(C(=O)COC(=O)c2cccc(C(=O)OCC(=O)c3ccc(OC(C)=O)cc3)c2)cc1. The molecule has 3 aromatic carbocycles. The lowest BCUT2D eigenvalue weighted by atomic mass is 10.1. The summed E-state index contributed by atoms with van der Waals surface area (Å²) >= 11 is 0. The first-order valence-corrected chi connectivity index (χ1v) is 11.2. The first kappa shape index (κ1) is 27.5. The molecule has 3 aromatic rings. The molecule has 0 aromatic heterocycles. The normalized spacial score (nSPS) is 10.2. The van der Waals surface area contributed by atoms with Crippen LogP contribution in [0, 0.1) is 0 Å². The van der Waals surface area contributed by atoms with Crippen LogP contribution in [0.2, 0.25) is 0 Å². The molecule has 0 aliphatic heterocycles. The van der Waals surface area contributed by atoms with Crippen LogP contribution in [0.3, 0.4) is 0 Å². The first-order valence-electron chi connectivity index (χ1n) is 11.2. The zero-order chi connectivity index (χ0) is 27.7. The van der Waals surface area contributed by atoms with Gasteiger partial charge in [0.05, 0.1) is 11.1 Å². The molecule has 0 unspecified atom stereocenters. The molecule has 0 spiro atoms. The van der Waals surface area contributed by atoms with Gasteiger partial charge in [-0.25, -0.2) is 9.59 Å². The molecule has 10 heteroatoms. The van der Waals surface area contributed by atoms with Crippen LogP contribution in [0.15, 0.2) is 72.8 Å². The van der Waals surface area contributed by atoms with E-state index in [4.69, 9.17) is 18.9 Å². The molecule has 3 rings (SSSR count). The van der Waals surface area contributed by atoms with Crippen LogP contribution in [0.25, 0.3) is 0 Å². The zero-order valence-corrected chi connectivity index (χ0v) is 20.4. The second-order valence-corrected chi connectivity index (χ2v) is 7.82. The van der Waals surface area contributed by atoms with E-state index >= 15 is 0 Å². The molecule has 0 heterocycles. The van der Waals surface area contributed by atoms with Gasteiger partial charge >= 0.3 is 23.9 Å². The molecular weight excluding hydrogens is 496 g/mol. The Morgan fingerprint density at radius 1 is 0.526 bits per heavy atom. The molecule has 0 N–H and O–H groups in total. The number of carbonyl (C=O) groups is 6. The highest BCUT2D eigenvalue weighted by molar-refractivity contribution is 6.01. The van der Waals surface area contributed by atoms with E-state index in [1.54, 1.807) is 0 Å². The molecule has 0 radical (unpaired) electrons. The summed E-state index contributed by atoms with van der Waals surface area (Å²) in [7, 11) is 0. The van der Waals surface area contributed by atoms with Crippen molar-refractivity contribution in [3.63, 3.8) is 0 Å². The van der Waals surface area contributed by atoms with E-state index in [1.165, 1.54) is 86.6 Å². The number of rotatable bonds is 10. The summed E-state index contributed by atoms with van der Waals surface area (Å²) in [6.07, 6.45) is 0. The summed E-state index contributed by atoms with van der Waals surface area (Å²) in [5, 5.41) is 0. The molecule has 0 amide bonds. The Balaban J connectivity index is 1.53. The maximum Gasteiger partial charge on any atom is 0.338 e. The van der Waals surface area contributed by atoms with Gasteiger partial charge < -0.3 is 18.9 Å². The average Bonchev–Trinajstić information content (AvgIpc) is 2.90. The molecule has 10 nitrogen and oxygen atoms in total. The van der Waals surface area contributed by atoms with Crippen molar-refractivity contribution in [3.05, 3.63) is 95.1 Å². The van der Waals surface area contributed by atoms with Crippen LogP contribution >= 0.6 is 0 Å². The fourth-order valence-corrected chi connectivity index (χ4v) is 3.12. The Morgan fingerprint density at radius 2 is 0.895 bits per heavy atom. The van der Waals surface area contributed by atoms with Crippen molar-refractivity contribution in [2.45, 2.75) is 13.8 Å². The van der Waals surface area contributed by atoms with Crippen LogP contribution in [-0.4, -0.2) is 48.7 Å². The third kappa shape index (κ3) is 7.95. The van der Waals surface area contributed by atoms with Crippen molar-refractivity contribution >= 4 is 35.4 Å². The molecule has 0 atom stereocenters. The molecule has 0 fully saturated rings. The van der Waals surface area contributed by atoms with E-state index in [2.05, 4.69) is 0 Å². The van der Waals surface area contributed by atoms with Crippen molar-refractivity contribution in [3.8, 4) is 11.5 Å². The van der Waals surface area contributed by atoms with Crippen molar-refractivity contribution in [1.82, 2.24) is 0 Å². The summed E-state index contributed by atoms with van der Waals surface area (Å²) in [6, 6.07) is 16.9. The highest BCUT2D eigenvalue weighted by Gasteiger charge is 2.16. The minimum atomic E-state index is -0.839. The highest BCUT2D eigenvalue weighted by atomic mass is 16.5. The Kier molecular flexibility index (Phi) is 9.20. The largest absolute Gasteiger partial charge is 0.454 e. The van der Waals surface area contributed by atoms with Gasteiger partial charge in [-0.3, -0.25) is 19.2 Å². The Morgan fingerprint density at radius 3 is 1.24 bits per heavy atom. The molecule has 0 saturated heterocycles. The van der Waals surface area contributed by atoms with E-state index in [1.807, 2.05) is 0 Å². The van der Waals surface area contributed by atoms with Gasteiger partial charge in [0, 0.05) is 25.0 Å². The number of benzene rings is 3. The van der Waals surface area contributed by atoms with E-state index in [-0.39, 0.29) is 33.8 Å². The van der Waals surface area contributed by atoms with Crippen molar-refractivity contribution in [2.24, 2.45) is 0 Å². The van der Waals surface area contributed by atoms with Gasteiger partial charge in [0.1, 0.15) is 11.5 Å². The highest BCUT2D eigenvalue weighted by Crippen LogP contribution is 2.15. The molecule has 0 bridgehead atoms. The second-order valence-electron chi connectivity index (χ2n) is 7.82. The Hall–Kier alpha value is -5.12. The zero-order valence-electron chi connectivity index (χ0n) is 20.4. The van der Waals surface area contributed by atoms with Crippen molar-refractivity contribution < 1.29 is 47.7 Å². The molecule has 0 aliphatic carbocycles. The second kappa shape index (κ2) is 12.7. The number of hydrogen-bond donors (Lipinski definition) is 0. The summed E-state index contributed by atoms with van der Waals surface area (Å²) in [5.41, 5.74) is 0.503. The number of Topliss-reactive ketones (excluding diaryl/α,β-unsaturated/α-hetero) is 2. The van der Waals surface area contributed by atoms with E-state index in [9.17, 15) is 28.8 Å². The standard InChI is InChI=1S/C28H22O10/c1-17(29)37-23-10-6-19(7-11-23)25(31)15-35-27(33)21-4-3-5-22(14-21)28(34)36-16-26(32)20-8-12-24(13-9-20)38-18(2)30/h3-14H,15-16H2,1-2H3. The monoisotopic (exact) mass is 518 g/mol. The summed E-state index contributed by atoms with van der Waals surface area (Å²) in [5.74, 6) is -3.10. The van der Waals surface area contributed by atoms with E-state index in [0.29, 0.717) is 0 Å². The van der Waals surface area contributed by atoms with Gasteiger partial charge in [-0.05, 0) is 66.7 Å². The van der Waals surface area contributed by atoms with Crippen molar-refractivity contribution in [2.75, 3.05) is 13.2 Å². The van der Waals surface area contributed by atoms with Crippen LogP contribution in [0.1, 0.15) is 55.3 Å². The smallest absolute Gasteiger partial charge is 0.338 e. The average molecular weight is 518 g/mol. The maximum atomic E-state index is 12.4. The van der Waals surface area contributed by atoms with Crippen LogP contribution in [-0.2, 0) is 19.1 Å². The summed E-state index contributed by atoms with van der Waals surface area (Å²) in [6.45, 7) is 1.40. The predicted molar refractivity (Wildman–Crippen MR) is 131 cm³/mol.